The highest BCUT2D eigenvalue weighted by Crippen LogP contribution is 2.45. The van der Waals surface area contributed by atoms with E-state index in [4.69, 9.17) is 0 Å². The lowest BCUT2D eigenvalue weighted by Gasteiger charge is -2.28. The first-order chi connectivity index (χ1) is 47.6. The second-order valence-electron chi connectivity index (χ2n) is 27.8. The van der Waals surface area contributed by atoms with Gasteiger partial charge in [-0.15, -0.1) is 0 Å². The summed E-state index contributed by atoms with van der Waals surface area (Å²) in [4.78, 5) is 4.83. The zero-order chi connectivity index (χ0) is 67.9. The van der Waals surface area contributed by atoms with Crippen LogP contribution >= 0.6 is 0 Å². The molecule has 0 saturated carbocycles. The highest BCUT2D eigenvalue weighted by atomic mass is 32.2. The Morgan fingerprint density at radius 1 is 0.276 bits per heavy atom. The smallest absolute Gasteiger partial charge is 0.158 e. The minimum Gasteiger partial charge on any atom is -0.310 e. The molecule has 0 aromatic heterocycles. The first-order valence-corrected chi connectivity index (χ1v) is 39.3. The molecule has 6 nitrogen and oxygen atoms in total. The summed E-state index contributed by atoms with van der Waals surface area (Å²) < 4.78 is 49.7. The molecule has 0 amide bonds. The van der Waals surface area contributed by atoms with Gasteiger partial charge in [-0.2, -0.15) is 0 Å². The molecule has 0 bridgehead atoms. The number of unbranched alkanes of at least 4 members (excludes halogenated alkanes) is 6. The summed E-state index contributed by atoms with van der Waals surface area (Å²) in [6.45, 7) is 13.7. The third-order valence-electron chi connectivity index (χ3n) is 20.4. The van der Waals surface area contributed by atoms with Crippen molar-refractivity contribution in [3.8, 4) is 44.5 Å². The maximum absolute atomic E-state index is 12.4. The zero-order valence-corrected chi connectivity index (χ0v) is 59.6. The minimum atomic E-state index is -3.06. The molecule has 11 aromatic rings. The number of aryl methyl sites for hydroxylation is 10. The molecular weight excluding hydrogens is 1240 g/mol. The van der Waals surface area contributed by atoms with Crippen LogP contribution in [0.1, 0.15) is 143 Å². The van der Waals surface area contributed by atoms with Gasteiger partial charge in [0, 0.05) is 34.1 Å². The van der Waals surface area contributed by atoms with Gasteiger partial charge in [0.15, 0.2) is 19.7 Å². The summed E-state index contributed by atoms with van der Waals surface area (Å²) in [5.41, 5.74) is 33.0. The molecule has 98 heavy (non-hydrogen) atoms. The Morgan fingerprint density at radius 3 is 0.939 bits per heavy atom. The van der Waals surface area contributed by atoms with E-state index in [0.29, 0.717) is 0 Å². The lowest BCUT2D eigenvalue weighted by atomic mass is 9.84. The molecule has 0 radical (unpaired) electrons. The molecule has 0 atom stereocenters. The molecule has 0 aliphatic carbocycles. The summed E-state index contributed by atoms with van der Waals surface area (Å²) in [6.07, 6.45) is 14.8. The van der Waals surface area contributed by atoms with Gasteiger partial charge in [-0.1, -0.05) is 210 Å². The average Bonchev–Trinajstić information content (AvgIpc) is 1.06. The van der Waals surface area contributed by atoms with Crippen LogP contribution in [0.4, 0.5) is 34.1 Å². The number of fused-ring (bicyclic) bond motifs is 2. The van der Waals surface area contributed by atoms with Gasteiger partial charge in [0.1, 0.15) is 0 Å². The fourth-order valence-electron chi connectivity index (χ4n) is 15.1. The van der Waals surface area contributed by atoms with E-state index in [1.165, 1.54) is 139 Å². The highest BCUT2D eigenvalue weighted by molar-refractivity contribution is 7.90. The SMILES string of the molecule is CCCCCCc1cc(-c2ccc(N(c3ccc(CCc4ccc5c(c4)CS(=O)(=O)C5)cc3)c3ccc(-c4ccccc4)c(C)c3)cc2C)c(CCCCCC)cc1-c1ccc(N(c2ccc(CCc3ccc4c(c3)CS(=O)(=O)C4)cc2)c2ccc(-c3ccccc3)c(C)c2)cc1C. The van der Waals surface area contributed by atoms with Crippen LogP contribution in [0.25, 0.3) is 44.5 Å². The van der Waals surface area contributed by atoms with Crippen molar-refractivity contribution in [2.45, 2.75) is 154 Å². The van der Waals surface area contributed by atoms with Crippen LogP contribution in [-0.4, -0.2) is 16.8 Å². The van der Waals surface area contributed by atoms with E-state index >= 15 is 0 Å². The summed E-state index contributed by atoms with van der Waals surface area (Å²) in [5, 5.41) is 0. The summed E-state index contributed by atoms with van der Waals surface area (Å²) in [5.74, 6) is 0.575. The van der Waals surface area contributed by atoms with Gasteiger partial charge < -0.3 is 9.80 Å². The molecule has 2 aliphatic heterocycles. The molecule has 13 rings (SSSR count). The molecular formula is C90H92N2O4S2. The van der Waals surface area contributed by atoms with Crippen molar-refractivity contribution in [2.24, 2.45) is 0 Å². The third-order valence-corrected chi connectivity index (χ3v) is 23.4. The second kappa shape index (κ2) is 30.0. The monoisotopic (exact) mass is 1330 g/mol. The van der Waals surface area contributed by atoms with Crippen LogP contribution in [0.5, 0.6) is 0 Å². The number of sulfone groups is 2. The van der Waals surface area contributed by atoms with Gasteiger partial charge in [-0.3, -0.25) is 0 Å². The third kappa shape index (κ3) is 15.6. The molecule has 0 N–H and O–H groups in total. The lowest BCUT2D eigenvalue weighted by molar-refractivity contribution is 0.596. The average molecular weight is 1330 g/mol. The highest BCUT2D eigenvalue weighted by Gasteiger charge is 2.27. The number of rotatable bonds is 26. The molecule has 8 heteroatoms. The lowest BCUT2D eigenvalue weighted by Crippen LogP contribution is -2.11. The Bertz CT molecular complexity index is 4590. The van der Waals surface area contributed by atoms with Gasteiger partial charge >= 0.3 is 0 Å². The molecule has 0 saturated heterocycles. The fraction of sp³-hybridized carbons (Fsp3) is 0.267. The Balaban J connectivity index is 0.845. The van der Waals surface area contributed by atoms with E-state index in [-0.39, 0.29) is 23.0 Å². The number of anilines is 6. The van der Waals surface area contributed by atoms with Crippen molar-refractivity contribution in [2.75, 3.05) is 9.80 Å². The number of benzene rings is 11. The predicted octanol–water partition coefficient (Wildman–Crippen LogP) is 23.2. The molecule has 0 spiro atoms. The fourth-order valence-corrected chi connectivity index (χ4v) is 18.3. The van der Waals surface area contributed by atoms with E-state index in [1.807, 2.05) is 12.1 Å². The van der Waals surface area contributed by atoms with Crippen molar-refractivity contribution in [1.29, 1.82) is 0 Å². The number of nitrogens with zero attached hydrogens (tertiary/aromatic N) is 2. The van der Waals surface area contributed by atoms with E-state index in [2.05, 4.69) is 270 Å². The Hall–Kier alpha value is -9.08. The maximum atomic E-state index is 12.4. The number of hydrogen-bond acceptors (Lipinski definition) is 6. The molecule has 2 heterocycles. The molecule has 0 unspecified atom stereocenters. The van der Waals surface area contributed by atoms with Crippen molar-refractivity contribution in [1.82, 2.24) is 0 Å². The standard InChI is InChI=1S/C90H92N2O4S2/c1-7-9-11-15-25-73-57-90(88-50-46-84(54-66(88)6)92(82-44-48-86(64(4)52-82)72-23-19-14-20-24-72)80-41-35-68(36-42-80)28-30-70-32-38-76-60-98(95,96)62-78(76)56-70)74(26-16-12-10-8-2)58-89(73)87-49-45-83(53-65(87)5)91(81-43-47-85(63(3)51-81)71-21-17-13-18-22-71)79-39-33-67(34-40-79)27-29-69-31-37-75-59-97(93,94)61-77(75)55-69/h13-14,17-24,31-58H,7-12,15-16,25-30,59-62H2,1-6H3. The van der Waals surface area contributed by atoms with Crippen molar-refractivity contribution >= 4 is 53.8 Å². The van der Waals surface area contributed by atoms with E-state index in [9.17, 15) is 16.8 Å². The van der Waals surface area contributed by atoms with Crippen LogP contribution in [0.2, 0.25) is 0 Å². The topological polar surface area (TPSA) is 74.8 Å². The van der Waals surface area contributed by atoms with Gasteiger partial charge in [-0.25, -0.2) is 16.8 Å². The summed E-state index contributed by atoms with van der Waals surface area (Å²) in [6, 6.07) is 85.0. The zero-order valence-electron chi connectivity index (χ0n) is 58.0. The van der Waals surface area contributed by atoms with Gasteiger partial charge in [0.05, 0.1) is 23.0 Å². The summed E-state index contributed by atoms with van der Waals surface area (Å²) in [7, 11) is -6.12. The maximum Gasteiger partial charge on any atom is 0.158 e. The van der Waals surface area contributed by atoms with Crippen molar-refractivity contribution < 1.29 is 16.8 Å². The first kappa shape index (κ1) is 67.5. The van der Waals surface area contributed by atoms with Crippen LogP contribution < -0.4 is 9.80 Å². The predicted molar refractivity (Wildman–Crippen MR) is 413 cm³/mol. The second-order valence-corrected chi connectivity index (χ2v) is 31.9. The van der Waals surface area contributed by atoms with Gasteiger partial charge in [-0.05, 0) is 274 Å². The largest absolute Gasteiger partial charge is 0.310 e. The van der Waals surface area contributed by atoms with Gasteiger partial charge in [0.2, 0.25) is 0 Å². The normalized spacial score (nSPS) is 13.5. The summed E-state index contributed by atoms with van der Waals surface area (Å²) >= 11 is 0. The van der Waals surface area contributed by atoms with E-state index < -0.39 is 19.7 Å². The van der Waals surface area contributed by atoms with Crippen molar-refractivity contribution in [3.05, 3.63) is 308 Å². The van der Waals surface area contributed by atoms with Crippen molar-refractivity contribution in [3.63, 3.8) is 0 Å². The van der Waals surface area contributed by atoms with Crippen LogP contribution in [0, 0.1) is 27.7 Å². The molecule has 498 valence electrons. The van der Waals surface area contributed by atoms with Crippen LogP contribution in [-0.2, 0) is 81.2 Å². The molecule has 0 fully saturated rings. The van der Waals surface area contributed by atoms with Crippen LogP contribution in [0.3, 0.4) is 0 Å². The van der Waals surface area contributed by atoms with Crippen LogP contribution in [0.15, 0.2) is 231 Å². The Labute approximate surface area is 584 Å². The quantitative estimate of drug-likeness (QED) is 0.0503. The number of hydrogen-bond donors (Lipinski definition) is 0. The Morgan fingerprint density at radius 2 is 0.592 bits per heavy atom. The first-order valence-electron chi connectivity index (χ1n) is 35.7. The molecule has 2 aliphatic rings. The Kier molecular flexibility index (Phi) is 20.6. The molecule has 11 aromatic carbocycles. The van der Waals surface area contributed by atoms with E-state index in [1.54, 1.807) is 0 Å². The minimum absolute atomic E-state index is 0.140. The van der Waals surface area contributed by atoms with E-state index in [0.717, 1.165) is 108 Å². The van der Waals surface area contributed by atoms with Gasteiger partial charge in [0.25, 0.3) is 0 Å².